The normalized spacial score (nSPS) is 22.9. The first-order chi connectivity index (χ1) is 22.9. The van der Waals surface area contributed by atoms with E-state index in [1.54, 1.807) is 0 Å². The minimum absolute atomic E-state index is 0.625. The molecule has 1 N–H and O–H groups in total. The van der Waals surface area contributed by atoms with Gasteiger partial charge >= 0.3 is 65.5 Å². The lowest BCUT2D eigenvalue weighted by Crippen LogP contribution is -2.69. The van der Waals surface area contributed by atoms with E-state index in [0.29, 0.717) is 13.8 Å². The lowest BCUT2D eigenvalue weighted by atomic mass is 9.88. The van der Waals surface area contributed by atoms with E-state index in [2.05, 4.69) is 10.1 Å². The third kappa shape index (κ3) is 10.2. The number of methoxy groups -OCH3 is 1. The van der Waals surface area contributed by atoms with Gasteiger partial charge in [0.1, 0.15) is 12.2 Å². The quantitative estimate of drug-likeness (QED) is 0.146. The van der Waals surface area contributed by atoms with Crippen molar-refractivity contribution in [2.45, 2.75) is 107 Å². The summed E-state index contributed by atoms with van der Waals surface area (Å²) in [6.45, 7) is 3.75. The van der Waals surface area contributed by atoms with E-state index < -0.39 is 132 Å². The first kappa shape index (κ1) is 45.4. The minimum atomic E-state index is -7.71. The lowest BCUT2D eigenvalue weighted by molar-refractivity contribution is -0.419. The van der Waals surface area contributed by atoms with Gasteiger partial charge in [0.05, 0.1) is 25.3 Å². The largest absolute Gasteiger partial charge is 0.464 e. The Morgan fingerprint density at radius 3 is 1.73 bits per heavy atom. The van der Waals surface area contributed by atoms with E-state index in [9.17, 15) is 77.1 Å². The number of ether oxygens (including phenoxy) is 6. The van der Waals surface area contributed by atoms with Crippen LogP contribution in [0.5, 0.6) is 0 Å². The standard InChI is InChI=1S/C26H30F11NO12S/c1-10(39)38-17-15(46-11(2)40)7-21(20(44)45-6,49-14(5)43)50-19(17)18(48-13(4)42)16(47-12(3)41)8-51-9-22(27,28)23(29,30)24(31,32)25(33,34)26(35,36)37/h15-19H,7-9H2,1-6H3,(H,38,39)/t15-,16+,17+,18-,19?,21-/m0/s1. The highest BCUT2D eigenvalue weighted by atomic mass is 32.2. The van der Waals surface area contributed by atoms with Crippen LogP contribution in [0.25, 0.3) is 0 Å². The maximum atomic E-state index is 14.5. The molecule has 1 heterocycles. The maximum Gasteiger partial charge on any atom is 0.460 e. The number of carbonyl (C=O) groups is 6. The molecule has 0 aromatic rings. The van der Waals surface area contributed by atoms with Crippen molar-refractivity contribution in [2.75, 3.05) is 18.6 Å². The van der Waals surface area contributed by atoms with Crippen LogP contribution in [0.4, 0.5) is 48.3 Å². The molecule has 0 aromatic carbocycles. The van der Waals surface area contributed by atoms with Crippen molar-refractivity contribution < 1.29 is 105 Å². The second-order valence-corrected chi connectivity index (χ2v) is 11.7. The fraction of sp³-hybridized carbons (Fsp3) is 0.769. The zero-order valence-corrected chi connectivity index (χ0v) is 27.8. The minimum Gasteiger partial charge on any atom is -0.464 e. The van der Waals surface area contributed by atoms with Gasteiger partial charge in [-0.1, -0.05) is 0 Å². The first-order valence-electron chi connectivity index (χ1n) is 13.8. The number of rotatable bonds is 15. The zero-order chi connectivity index (χ0) is 40.1. The van der Waals surface area contributed by atoms with Crippen LogP contribution < -0.4 is 5.32 Å². The number of thioether (sulfide) groups is 1. The molecule has 0 bridgehead atoms. The molecule has 1 fully saturated rings. The van der Waals surface area contributed by atoms with Crippen molar-refractivity contribution >= 4 is 47.5 Å². The second-order valence-electron chi connectivity index (χ2n) is 10.7. The van der Waals surface area contributed by atoms with Gasteiger partial charge in [0.25, 0.3) is 0 Å². The smallest absolute Gasteiger partial charge is 0.460 e. The first-order valence-corrected chi connectivity index (χ1v) is 15.0. The van der Waals surface area contributed by atoms with Gasteiger partial charge in [-0.3, -0.25) is 24.0 Å². The molecular formula is C26H30F11NO12S. The zero-order valence-electron chi connectivity index (χ0n) is 27.0. The van der Waals surface area contributed by atoms with Crippen LogP contribution in [0.2, 0.25) is 0 Å². The average Bonchev–Trinajstić information content (AvgIpc) is 2.94. The second kappa shape index (κ2) is 16.4. The van der Waals surface area contributed by atoms with E-state index in [4.69, 9.17) is 23.7 Å². The van der Waals surface area contributed by atoms with Crippen LogP contribution in [0.3, 0.4) is 0 Å². The molecule has 0 aliphatic carbocycles. The molecule has 1 saturated heterocycles. The summed E-state index contributed by atoms with van der Waals surface area (Å²) in [5.74, 6) is -43.7. The highest BCUT2D eigenvalue weighted by Gasteiger charge is 2.87. The van der Waals surface area contributed by atoms with Gasteiger partial charge in [-0.15, -0.1) is 0 Å². The molecule has 294 valence electrons. The van der Waals surface area contributed by atoms with E-state index in [1.807, 2.05) is 0 Å². The number of carbonyl (C=O) groups excluding carboxylic acids is 6. The highest BCUT2D eigenvalue weighted by molar-refractivity contribution is 7.99. The van der Waals surface area contributed by atoms with E-state index in [1.165, 1.54) is 0 Å². The molecule has 1 unspecified atom stereocenters. The Kier molecular flexibility index (Phi) is 14.6. The summed E-state index contributed by atoms with van der Waals surface area (Å²) in [6.07, 6.45) is -17.1. The molecular weight excluding hydrogens is 759 g/mol. The third-order valence-corrected chi connectivity index (χ3v) is 7.65. The van der Waals surface area contributed by atoms with Crippen LogP contribution in [0.1, 0.15) is 41.0 Å². The van der Waals surface area contributed by atoms with E-state index >= 15 is 0 Å². The summed E-state index contributed by atoms with van der Waals surface area (Å²) < 4.78 is 179. The van der Waals surface area contributed by atoms with Crippen molar-refractivity contribution in [1.29, 1.82) is 0 Å². The SMILES string of the molecule is COC(=O)[C@]1(OC(C)=O)C[C@H](OC(C)=O)[C@@H](NC(C)=O)C([C@@H](OC(C)=O)[C@@H](CSCC(F)(F)C(F)(F)C(F)(F)C(F)(F)C(F)(F)F)OC(C)=O)O1. The van der Waals surface area contributed by atoms with Gasteiger partial charge in [-0.05, 0) is 0 Å². The van der Waals surface area contributed by atoms with Gasteiger partial charge < -0.3 is 33.7 Å². The fourth-order valence-corrected chi connectivity index (χ4v) is 5.58. The molecule has 51 heavy (non-hydrogen) atoms. The molecule has 0 radical (unpaired) electrons. The van der Waals surface area contributed by atoms with Gasteiger partial charge in [-0.2, -0.15) is 60.1 Å². The molecule has 0 aromatic heterocycles. The molecule has 0 saturated carbocycles. The van der Waals surface area contributed by atoms with Crippen LogP contribution >= 0.6 is 11.8 Å². The molecule has 0 spiro atoms. The van der Waals surface area contributed by atoms with E-state index in [-0.39, 0.29) is 0 Å². The van der Waals surface area contributed by atoms with Crippen molar-refractivity contribution in [3.05, 3.63) is 0 Å². The van der Waals surface area contributed by atoms with Crippen molar-refractivity contribution in [2.24, 2.45) is 0 Å². The fourth-order valence-electron chi connectivity index (χ4n) is 4.53. The molecule has 25 heteroatoms. The van der Waals surface area contributed by atoms with Crippen LogP contribution in [0, 0.1) is 0 Å². The van der Waals surface area contributed by atoms with Crippen LogP contribution in [-0.4, -0.2) is 120 Å². The summed E-state index contributed by atoms with van der Waals surface area (Å²) in [7, 11) is 0.749. The summed E-state index contributed by atoms with van der Waals surface area (Å²) in [6, 6.07) is -1.82. The Bertz CT molecular complexity index is 1330. The van der Waals surface area contributed by atoms with E-state index in [0.717, 1.165) is 27.9 Å². The molecule has 13 nitrogen and oxygen atoms in total. The average molecular weight is 790 g/mol. The number of hydrogen-bond donors (Lipinski definition) is 1. The molecule has 1 aliphatic rings. The lowest BCUT2D eigenvalue weighted by Gasteiger charge is -2.48. The summed E-state index contributed by atoms with van der Waals surface area (Å²) in [4.78, 5) is 73.4. The number of halogens is 11. The number of hydrogen-bond acceptors (Lipinski definition) is 13. The van der Waals surface area contributed by atoms with Crippen molar-refractivity contribution in [3.8, 4) is 0 Å². The Balaban J connectivity index is 3.81. The summed E-state index contributed by atoms with van der Waals surface area (Å²) in [5, 5.41) is 2.20. The van der Waals surface area contributed by atoms with Crippen molar-refractivity contribution in [3.63, 3.8) is 0 Å². The van der Waals surface area contributed by atoms with Gasteiger partial charge in [0.2, 0.25) is 5.91 Å². The van der Waals surface area contributed by atoms with Gasteiger partial charge in [0, 0.05) is 40.4 Å². The van der Waals surface area contributed by atoms with Crippen LogP contribution in [0.15, 0.2) is 0 Å². The van der Waals surface area contributed by atoms with Crippen LogP contribution in [-0.2, 0) is 57.2 Å². The maximum absolute atomic E-state index is 14.5. The highest BCUT2D eigenvalue weighted by Crippen LogP contribution is 2.57. The number of alkyl halides is 11. The van der Waals surface area contributed by atoms with Gasteiger partial charge in [-0.25, -0.2) is 4.79 Å². The number of nitrogens with one attached hydrogen (secondary N) is 1. The predicted molar refractivity (Wildman–Crippen MR) is 143 cm³/mol. The number of esters is 5. The molecule has 6 atom stereocenters. The summed E-state index contributed by atoms with van der Waals surface area (Å²) in [5.41, 5.74) is 0. The molecule has 1 amide bonds. The monoisotopic (exact) mass is 789 g/mol. The summed E-state index contributed by atoms with van der Waals surface area (Å²) >= 11 is -0.625. The Hall–Kier alpha value is -3.64. The number of amides is 1. The van der Waals surface area contributed by atoms with Gasteiger partial charge in [0.15, 0.2) is 12.2 Å². The Morgan fingerprint density at radius 2 is 1.31 bits per heavy atom. The third-order valence-electron chi connectivity index (χ3n) is 6.52. The molecule has 1 aliphatic heterocycles. The Morgan fingerprint density at radius 1 is 0.784 bits per heavy atom. The Labute approximate surface area is 284 Å². The molecule has 1 rings (SSSR count). The predicted octanol–water partition coefficient (Wildman–Crippen LogP) is 3.34. The topological polar surface area (TPSA) is 170 Å². The van der Waals surface area contributed by atoms with Crippen molar-refractivity contribution in [1.82, 2.24) is 5.32 Å².